The smallest absolute Gasteiger partial charge is 0.253 e. The molecule has 3 rings (SSSR count). The third-order valence-corrected chi connectivity index (χ3v) is 4.30. The molecule has 1 aliphatic carbocycles. The van der Waals surface area contributed by atoms with Crippen LogP contribution in [-0.2, 0) is 0 Å². The number of nitrogens with zero attached hydrogens (tertiary/aromatic N) is 3. The molecule has 1 fully saturated rings. The third kappa shape index (κ3) is 3.13. The lowest BCUT2D eigenvalue weighted by molar-refractivity contribution is 0.392. The second kappa shape index (κ2) is 6.06. The summed E-state index contributed by atoms with van der Waals surface area (Å²) in [7, 11) is 0. The minimum Gasteiger partial charge on any atom is -0.370 e. The first-order valence-electron chi connectivity index (χ1n) is 7.35. The van der Waals surface area contributed by atoms with Crippen molar-refractivity contribution in [1.82, 2.24) is 9.97 Å². The molecule has 1 aromatic heterocycles. The molecule has 1 aliphatic rings. The van der Waals surface area contributed by atoms with Gasteiger partial charge in [-0.25, -0.2) is 9.97 Å². The molecule has 1 saturated carbocycles. The molecule has 0 amide bonds. The Labute approximate surface area is 133 Å². The molecule has 0 aliphatic heterocycles. The lowest BCUT2D eigenvalue weighted by Gasteiger charge is -2.26. The highest BCUT2D eigenvalue weighted by molar-refractivity contribution is 6.31. The Morgan fingerprint density at radius 1 is 1.14 bits per heavy atom. The van der Waals surface area contributed by atoms with Gasteiger partial charge in [0.15, 0.2) is 5.96 Å². The van der Waals surface area contributed by atoms with Crippen molar-refractivity contribution in [2.45, 2.75) is 37.6 Å². The van der Waals surface area contributed by atoms with Crippen LogP contribution in [0.5, 0.6) is 0 Å². The van der Waals surface area contributed by atoms with Crippen molar-refractivity contribution in [2.75, 3.05) is 0 Å². The van der Waals surface area contributed by atoms with Gasteiger partial charge in [0.05, 0.1) is 11.2 Å². The second-order valence-corrected chi connectivity index (χ2v) is 6.16. The zero-order valence-electron chi connectivity index (χ0n) is 12.2. The van der Waals surface area contributed by atoms with E-state index in [1.54, 1.807) is 6.07 Å². The minimum absolute atomic E-state index is 0.0510. The monoisotopic (exact) mass is 318 g/mol. The fraction of sp³-hybridized carbons (Fsp3) is 0.400. The van der Waals surface area contributed by atoms with Crippen molar-refractivity contribution in [3.63, 3.8) is 0 Å². The number of hydrogen-bond donors (Lipinski definition) is 3. The van der Waals surface area contributed by atoms with E-state index in [0.29, 0.717) is 16.9 Å². The van der Waals surface area contributed by atoms with Gasteiger partial charge in [-0.15, -0.1) is 0 Å². The molecule has 1 aromatic carbocycles. The van der Waals surface area contributed by atoms with Gasteiger partial charge in [-0.2, -0.15) is 4.99 Å². The molecule has 6 nitrogen and oxygen atoms in total. The zero-order chi connectivity index (χ0) is 15.7. The first-order chi connectivity index (χ1) is 10.5. The molecule has 7 heteroatoms. The van der Waals surface area contributed by atoms with Crippen LogP contribution < -0.4 is 17.2 Å². The van der Waals surface area contributed by atoms with Crippen molar-refractivity contribution in [3.05, 3.63) is 28.9 Å². The van der Waals surface area contributed by atoms with Crippen molar-refractivity contribution in [1.29, 1.82) is 0 Å². The van der Waals surface area contributed by atoms with Gasteiger partial charge in [0.2, 0.25) is 0 Å². The number of aliphatic imine (C=N–C) groups is 1. The molecule has 2 aromatic rings. The third-order valence-electron chi connectivity index (χ3n) is 4.06. The van der Waals surface area contributed by atoms with E-state index in [1.807, 2.05) is 12.1 Å². The summed E-state index contributed by atoms with van der Waals surface area (Å²) in [5.41, 5.74) is 18.7. The fourth-order valence-corrected chi connectivity index (χ4v) is 3.15. The summed E-state index contributed by atoms with van der Waals surface area (Å²) >= 11 is 6.13. The molecule has 0 unspecified atom stereocenters. The number of hydrogen-bond acceptors (Lipinski definition) is 4. The molecule has 116 valence electrons. The maximum Gasteiger partial charge on any atom is 0.253 e. The molecule has 0 bridgehead atoms. The maximum absolute atomic E-state index is 6.13. The normalized spacial score (nSPS) is 21.7. The highest BCUT2D eigenvalue weighted by Gasteiger charge is 2.24. The molecule has 6 N–H and O–H groups in total. The summed E-state index contributed by atoms with van der Waals surface area (Å²) in [6, 6.07) is 5.85. The summed E-state index contributed by atoms with van der Waals surface area (Å²) in [5, 5.41) is 1.63. The van der Waals surface area contributed by atoms with Crippen molar-refractivity contribution < 1.29 is 0 Å². The zero-order valence-corrected chi connectivity index (χ0v) is 12.9. The first-order valence-corrected chi connectivity index (χ1v) is 7.73. The predicted molar refractivity (Wildman–Crippen MR) is 89.2 cm³/mol. The molecule has 0 saturated heterocycles. The minimum atomic E-state index is -0.0510. The van der Waals surface area contributed by atoms with E-state index in [1.165, 1.54) is 0 Å². The van der Waals surface area contributed by atoms with Crippen LogP contribution in [0, 0.1) is 0 Å². The number of rotatable bonds is 2. The number of halogens is 1. The molecule has 0 atom stereocenters. The highest BCUT2D eigenvalue weighted by atomic mass is 35.5. The number of guanidine groups is 1. The van der Waals surface area contributed by atoms with E-state index < -0.39 is 0 Å². The average Bonchev–Trinajstić information content (AvgIpc) is 2.47. The van der Waals surface area contributed by atoms with Gasteiger partial charge >= 0.3 is 0 Å². The SMILES string of the molecule is NC(N)=Nc1nc(C2CCC(N)CC2)c2cc(Cl)ccc2n1. The first kappa shape index (κ1) is 15.0. The van der Waals surface area contributed by atoms with Crippen LogP contribution in [0.3, 0.4) is 0 Å². The predicted octanol–water partition coefficient (Wildman–Crippen LogP) is 2.17. The summed E-state index contributed by atoms with van der Waals surface area (Å²) in [4.78, 5) is 13.0. The Kier molecular flexibility index (Phi) is 4.13. The molecule has 0 radical (unpaired) electrons. The quantitative estimate of drug-likeness (QED) is 0.579. The number of aromatic nitrogens is 2. The van der Waals surface area contributed by atoms with E-state index >= 15 is 0 Å². The van der Waals surface area contributed by atoms with Crippen molar-refractivity contribution >= 4 is 34.4 Å². The topological polar surface area (TPSA) is 116 Å². The van der Waals surface area contributed by atoms with Gasteiger partial charge in [0.1, 0.15) is 0 Å². The lowest BCUT2D eigenvalue weighted by Crippen LogP contribution is -2.26. The van der Waals surface area contributed by atoms with E-state index in [-0.39, 0.29) is 12.0 Å². The standard InChI is InChI=1S/C15H19ClN6/c16-9-3-6-12-11(7-9)13(8-1-4-10(17)5-2-8)21-15(20-12)22-14(18)19/h3,6-8,10H,1-2,4-5,17H2,(H4,18,19,20,21,22). The highest BCUT2D eigenvalue weighted by Crippen LogP contribution is 2.36. The van der Waals surface area contributed by atoms with E-state index in [2.05, 4.69) is 15.0 Å². The molecule has 1 heterocycles. The average molecular weight is 319 g/mol. The van der Waals surface area contributed by atoms with Crippen molar-refractivity contribution in [3.8, 4) is 0 Å². The Balaban J connectivity index is 2.12. The summed E-state index contributed by atoms with van der Waals surface area (Å²) < 4.78 is 0. The van der Waals surface area contributed by atoms with Crippen molar-refractivity contribution in [2.24, 2.45) is 22.2 Å². The molecular weight excluding hydrogens is 300 g/mol. The molecule has 22 heavy (non-hydrogen) atoms. The number of benzene rings is 1. The largest absolute Gasteiger partial charge is 0.370 e. The van der Waals surface area contributed by atoms with Crippen LogP contribution in [0.25, 0.3) is 10.9 Å². The maximum atomic E-state index is 6.13. The summed E-state index contributed by atoms with van der Waals surface area (Å²) in [6.45, 7) is 0. The van der Waals surface area contributed by atoms with Crippen LogP contribution in [0.2, 0.25) is 5.02 Å². The number of fused-ring (bicyclic) bond motifs is 1. The Morgan fingerprint density at radius 3 is 2.55 bits per heavy atom. The van der Waals surface area contributed by atoms with Crippen LogP contribution in [0.1, 0.15) is 37.3 Å². The molecular formula is C15H19ClN6. The van der Waals surface area contributed by atoms with E-state index in [4.69, 9.17) is 28.8 Å². The lowest BCUT2D eigenvalue weighted by atomic mass is 9.83. The Hall–Kier alpha value is -1.92. The fourth-order valence-electron chi connectivity index (χ4n) is 2.98. The summed E-state index contributed by atoms with van der Waals surface area (Å²) in [5.74, 6) is 0.571. The van der Waals surface area contributed by atoms with Gasteiger partial charge in [-0.1, -0.05) is 11.6 Å². The van der Waals surface area contributed by atoms with Crippen LogP contribution in [0.4, 0.5) is 5.95 Å². The van der Waals surface area contributed by atoms with Gasteiger partial charge < -0.3 is 17.2 Å². The van der Waals surface area contributed by atoms with Gasteiger partial charge in [0, 0.05) is 22.4 Å². The van der Waals surface area contributed by atoms with Gasteiger partial charge in [0.25, 0.3) is 5.95 Å². The Bertz CT molecular complexity index is 717. The van der Waals surface area contributed by atoms with E-state index in [9.17, 15) is 0 Å². The van der Waals surface area contributed by atoms with Crippen LogP contribution in [-0.4, -0.2) is 22.0 Å². The van der Waals surface area contributed by atoms with E-state index in [0.717, 1.165) is 42.3 Å². The van der Waals surface area contributed by atoms with Gasteiger partial charge in [-0.05, 0) is 43.9 Å². The van der Waals surface area contributed by atoms with Crippen LogP contribution >= 0.6 is 11.6 Å². The van der Waals surface area contributed by atoms with Gasteiger partial charge in [-0.3, -0.25) is 0 Å². The molecule has 0 spiro atoms. The Morgan fingerprint density at radius 2 is 1.86 bits per heavy atom. The second-order valence-electron chi connectivity index (χ2n) is 5.72. The summed E-state index contributed by atoms with van der Waals surface area (Å²) in [6.07, 6.45) is 3.99. The number of nitrogens with two attached hydrogens (primary N) is 3. The van der Waals surface area contributed by atoms with Crippen LogP contribution in [0.15, 0.2) is 23.2 Å².